The Morgan fingerprint density at radius 3 is 2.08 bits per heavy atom. The van der Waals surface area contributed by atoms with Crippen LogP contribution in [-0.4, -0.2) is 17.4 Å². The fourth-order valence-electron chi connectivity index (χ4n) is 1.41. The molecule has 71 valence electrons. The molecule has 0 bridgehead atoms. The third-order valence-corrected chi connectivity index (χ3v) is 7.33. The molecule has 0 saturated carbocycles. The highest BCUT2D eigenvalue weighted by atomic mass is 28.4. The third-order valence-electron chi connectivity index (χ3n) is 1.93. The van der Waals surface area contributed by atoms with Crippen molar-refractivity contribution in [3.05, 3.63) is 30.3 Å². The Labute approximate surface area is 83.6 Å². The Balaban J connectivity index is 2.81. The van der Waals surface area contributed by atoms with Crippen LogP contribution < -0.4 is 5.19 Å². The van der Waals surface area contributed by atoms with Crippen LogP contribution in [0.25, 0.3) is 0 Å². The molecule has 1 nitrogen and oxygen atoms in total. The lowest BCUT2D eigenvalue weighted by molar-refractivity contribution is 0.590. The molecule has 0 saturated heterocycles. The van der Waals surface area contributed by atoms with Crippen LogP contribution in [0.2, 0.25) is 26.2 Å². The minimum absolute atomic E-state index is 0.577. The molecule has 1 radical (unpaired) electrons. The first-order valence-corrected chi connectivity index (χ1v) is 9.89. The van der Waals surface area contributed by atoms with Crippen molar-refractivity contribution >= 4 is 22.5 Å². The highest BCUT2D eigenvalue weighted by molar-refractivity contribution is 6.88. The Morgan fingerprint density at radius 2 is 1.62 bits per heavy atom. The maximum atomic E-state index is 6.06. The zero-order chi connectivity index (χ0) is 9.90. The molecule has 3 heteroatoms. The van der Waals surface area contributed by atoms with Crippen LogP contribution >= 0.6 is 0 Å². The quantitative estimate of drug-likeness (QED) is 0.695. The summed E-state index contributed by atoms with van der Waals surface area (Å²) in [6.45, 7) is 8.92. The molecule has 1 aromatic carbocycles. The zero-order valence-electron chi connectivity index (χ0n) is 8.79. The second-order valence-corrected chi connectivity index (χ2v) is 10.1. The van der Waals surface area contributed by atoms with Gasteiger partial charge in [0.1, 0.15) is 0 Å². The second-order valence-electron chi connectivity index (χ2n) is 3.89. The molecule has 0 aliphatic heterocycles. The SMILES string of the molecule is C[Si](C)O[Si](C)(C)c1ccccc1. The summed E-state index contributed by atoms with van der Waals surface area (Å²) in [4.78, 5) is 0. The van der Waals surface area contributed by atoms with E-state index in [1.54, 1.807) is 0 Å². The average molecular weight is 209 g/mol. The van der Waals surface area contributed by atoms with E-state index < -0.39 is 17.4 Å². The van der Waals surface area contributed by atoms with E-state index in [4.69, 9.17) is 4.12 Å². The van der Waals surface area contributed by atoms with Crippen molar-refractivity contribution in [1.82, 2.24) is 0 Å². The summed E-state index contributed by atoms with van der Waals surface area (Å²) < 4.78 is 6.06. The van der Waals surface area contributed by atoms with Crippen LogP contribution in [0.3, 0.4) is 0 Å². The van der Waals surface area contributed by atoms with Gasteiger partial charge in [-0.2, -0.15) is 0 Å². The Hall–Kier alpha value is -0.386. The summed E-state index contributed by atoms with van der Waals surface area (Å²) in [5, 5.41) is 1.39. The lowest BCUT2D eigenvalue weighted by Crippen LogP contribution is -2.47. The summed E-state index contributed by atoms with van der Waals surface area (Å²) in [7, 11) is -2.17. The van der Waals surface area contributed by atoms with Crippen molar-refractivity contribution in [3.8, 4) is 0 Å². The Bertz CT molecular complexity index is 257. The van der Waals surface area contributed by atoms with Crippen molar-refractivity contribution in [2.45, 2.75) is 26.2 Å². The summed E-state index contributed by atoms with van der Waals surface area (Å²) in [5.41, 5.74) is 0. The molecular weight excluding hydrogens is 192 g/mol. The molecule has 0 unspecified atom stereocenters. The van der Waals surface area contributed by atoms with Gasteiger partial charge in [0.15, 0.2) is 9.04 Å². The van der Waals surface area contributed by atoms with Gasteiger partial charge in [0.05, 0.1) is 0 Å². The van der Waals surface area contributed by atoms with E-state index >= 15 is 0 Å². The van der Waals surface area contributed by atoms with E-state index in [0.717, 1.165) is 0 Å². The van der Waals surface area contributed by atoms with Gasteiger partial charge in [0.2, 0.25) is 8.32 Å². The van der Waals surface area contributed by atoms with Crippen LogP contribution in [-0.2, 0) is 4.12 Å². The first-order chi connectivity index (χ1) is 6.02. The lowest BCUT2D eigenvalue weighted by Gasteiger charge is -2.25. The van der Waals surface area contributed by atoms with Crippen LogP contribution in [0.1, 0.15) is 0 Å². The monoisotopic (exact) mass is 209 g/mol. The summed E-state index contributed by atoms with van der Waals surface area (Å²) in [5.74, 6) is 0. The molecule has 0 amide bonds. The van der Waals surface area contributed by atoms with Gasteiger partial charge in [-0.1, -0.05) is 30.3 Å². The van der Waals surface area contributed by atoms with Gasteiger partial charge in [0.25, 0.3) is 0 Å². The summed E-state index contributed by atoms with van der Waals surface area (Å²) in [6.07, 6.45) is 0. The normalized spacial score (nSPS) is 12.1. The van der Waals surface area contributed by atoms with Gasteiger partial charge in [-0.15, -0.1) is 0 Å². The predicted molar refractivity (Wildman–Crippen MR) is 62.1 cm³/mol. The number of hydrogen-bond donors (Lipinski definition) is 0. The minimum atomic E-state index is -1.60. The number of benzene rings is 1. The fraction of sp³-hybridized carbons (Fsp3) is 0.400. The van der Waals surface area contributed by atoms with Crippen molar-refractivity contribution in [3.63, 3.8) is 0 Å². The van der Waals surface area contributed by atoms with Crippen LogP contribution in [0.15, 0.2) is 30.3 Å². The Morgan fingerprint density at radius 1 is 1.08 bits per heavy atom. The third kappa shape index (κ3) is 3.10. The minimum Gasteiger partial charge on any atom is -0.452 e. The molecule has 1 aromatic rings. The molecule has 0 heterocycles. The molecule has 0 fully saturated rings. The van der Waals surface area contributed by atoms with Gasteiger partial charge in [0, 0.05) is 0 Å². The van der Waals surface area contributed by atoms with E-state index in [0.29, 0.717) is 0 Å². The molecule has 0 atom stereocenters. The van der Waals surface area contributed by atoms with Crippen LogP contribution in [0.4, 0.5) is 0 Å². The number of hydrogen-bond acceptors (Lipinski definition) is 1. The smallest absolute Gasteiger partial charge is 0.205 e. The molecule has 13 heavy (non-hydrogen) atoms. The zero-order valence-corrected chi connectivity index (χ0v) is 10.8. The van der Waals surface area contributed by atoms with Gasteiger partial charge in [-0.3, -0.25) is 0 Å². The molecule has 0 aliphatic carbocycles. The fourth-order valence-corrected chi connectivity index (χ4v) is 6.96. The van der Waals surface area contributed by atoms with Crippen LogP contribution in [0, 0.1) is 0 Å². The standard InChI is InChI=1S/C10H17OSi2/c1-12(2)11-13(3,4)10-8-6-5-7-9-10/h5-9H,1-4H3. The average Bonchev–Trinajstić information content (AvgIpc) is 2.04. The highest BCUT2D eigenvalue weighted by Crippen LogP contribution is 2.06. The Kier molecular flexibility index (Phi) is 3.47. The van der Waals surface area contributed by atoms with Gasteiger partial charge in [-0.05, 0) is 31.4 Å². The highest BCUT2D eigenvalue weighted by Gasteiger charge is 2.25. The largest absolute Gasteiger partial charge is 0.452 e. The van der Waals surface area contributed by atoms with Gasteiger partial charge < -0.3 is 4.12 Å². The van der Waals surface area contributed by atoms with Crippen molar-refractivity contribution < 1.29 is 4.12 Å². The maximum absolute atomic E-state index is 6.06. The van der Waals surface area contributed by atoms with E-state index in [-0.39, 0.29) is 0 Å². The molecule has 0 aromatic heterocycles. The van der Waals surface area contributed by atoms with Crippen molar-refractivity contribution in [1.29, 1.82) is 0 Å². The lowest BCUT2D eigenvalue weighted by atomic mass is 10.4. The van der Waals surface area contributed by atoms with E-state index in [9.17, 15) is 0 Å². The molecule has 0 aliphatic rings. The van der Waals surface area contributed by atoms with Crippen molar-refractivity contribution in [2.24, 2.45) is 0 Å². The first-order valence-electron chi connectivity index (χ1n) is 4.57. The van der Waals surface area contributed by atoms with E-state index in [1.165, 1.54) is 5.19 Å². The molecule has 0 N–H and O–H groups in total. The summed E-state index contributed by atoms with van der Waals surface area (Å²) in [6, 6.07) is 10.6. The van der Waals surface area contributed by atoms with Crippen molar-refractivity contribution in [2.75, 3.05) is 0 Å². The summed E-state index contributed by atoms with van der Waals surface area (Å²) >= 11 is 0. The predicted octanol–water partition coefficient (Wildman–Crippen LogP) is 2.37. The van der Waals surface area contributed by atoms with Crippen LogP contribution in [0.5, 0.6) is 0 Å². The van der Waals surface area contributed by atoms with E-state index in [1.807, 2.05) is 0 Å². The van der Waals surface area contributed by atoms with Gasteiger partial charge in [-0.25, -0.2) is 0 Å². The molecule has 1 rings (SSSR count). The van der Waals surface area contributed by atoms with E-state index in [2.05, 4.69) is 56.5 Å². The van der Waals surface area contributed by atoms with Gasteiger partial charge >= 0.3 is 0 Å². The maximum Gasteiger partial charge on any atom is 0.205 e. The molecular formula is C10H17OSi2. The second kappa shape index (κ2) is 4.22. The topological polar surface area (TPSA) is 9.23 Å². The number of rotatable bonds is 3. The molecule has 0 spiro atoms. The first kappa shape index (κ1) is 10.7.